The molecule has 1 aromatic rings. The number of rotatable bonds is 3. The van der Waals surface area contributed by atoms with Gasteiger partial charge in [0.25, 0.3) is 0 Å². The van der Waals surface area contributed by atoms with Crippen LogP contribution in [-0.4, -0.2) is 21.9 Å². The molecular weight excluding hydrogens is 242 g/mol. The molecule has 0 aromatic heterocycles. The Bertz CT molecular complexity index is 488. The third kappa shape index (κ3) is 3.87. The van der Waals surface area contributed by atoms with Gasteiger partial charge in [-0.25, -0.2) is 4.79 Å². The minimum atomic E-state index is -1.55. The van der Waals surface area contributed by atoms with Gasteiger partial charge in [0, 0.05) is 10.6 Å². The monoisotopic (exact) mass is 255 g/mol. The fourth-order valence-corrected chi connectivity index (χ4v) is 2.39. The summed E-state index contributed by atoms with van der Waals surface area (Å²) in [5.41, 5.74) is 11.6. The number of hydrogen-bond acceptors (Lipinski definition) is 4. The van der Waals surface area contributed by atoms with E-state index in [4.69, 9.17) is 11.5 Å². The van der Waals surface area contributed by atoms with Crippen molar-refractivity contribution in [3.63, 3.8) is 0 Å². The Morgan fingerprint density at radius 3 is 2.65 bits per heavy atom. The number of benzene rings is 1. The van der Waals surface area contributed by atoms with Gasteiger partial charge in [-0.15, -0.1) is 0 Å². The van der Waals surface area contributed by atoms with Crippen molar-refractivity contribution >= 4 is 28.4 Å². The first-order valence-electron chi connectivity index (χ1n) is 4.74. The standard InChI is InChI=1S/C10H13N3O3S/c1-6-2-3-7(11)4-8(6)17(16)5-9(14)13-10(12)15/h2-4H,5,11H2,1H3,(H3,12,13,14,15). The molecule has 0 bridgehead atoms. The Balaban J connectivity index is 2.80. The number of nitrogens with one attached hydrogen (secondary N) is 1. The van der Waals surface area contributed by atoms with E-state index in [1.165, 1.54) is 0 Å². The number of carbonyl (C=O) groups is 2. The Labute approximate surface area is 101 Å². The van der Waals surface area contributed by atoms with Gasteiger partial charge >= 0.3 is 6.03 Å². The predicted octanol–water partition coefficient (Wildman–Crippen LogP) is -0.120. The number of nitrogens with two attached hydrogens (primary N) is 2. The molecule has 0 radical (unpaired) electrons. The van der Waals surface area contributed by atoms with E-state index in [2.05, 4.69) is 0 Å². The molecule has 92 valence electrons. The second-order valence-electron chi connectivity index (χ2n) is 3.43. The largest absolute Gasteiger partial charge is 0.399 e. The van der Waals surface area contributed by atoms with E-state index in [1.807, 2.05) is 5.32 Å². The molecule has 0 aliphatic heterocycles. The fraction of sp³-hybridized carbons (Fsp3) is 0.200. The lowest BCUT2D eigenvalue weighted by molar-refractivity contribution is -0.117. The van der Waals surface area contributed by atoms with Crippen LogP contribution in [0.3, 0.4) is 0 Å². The summed E-state index contributed by atoms with van der Waals surface area (Å²) in [6, 6.07) is 3.98. The van der Waals surface area contributed by atoms with Crippen LogP contribution < -0.4 is 16.8 Å². The summed E-state index contributed by atoms with van der Waals surface area (Å²) in [5, 5.41) is 1.85. The predicted molar refractivity (Wildman–Crippen MR) is 64.6 cm³/mol. The summed E-state index contributed by atoms with van der Waals surface area (Å²) in [7, 11) is -1.55. The maximum Gasteiger partial charge on any atom is 0.318 e. The maximum atomic E-state index is 11.9. The molecule has 3 amide bonds. The average molecular weight is 255 g/mol. The summed E-state index contributed by atoms with van der Waals surface area (Å²) < 4.78 is 11.9. The molecule has 0 saturated heterocycles. The molecule has 1 unspecified atom stereocenters. The molecule has 7 heteroatoms. The Kier molecular flexibility index (Phi) is 4.22. The number of amides is 3. The zero-order chi connectivity index (χ0) is 13.0. The first kappa shape index (κ1) is 13.2. The molecule has 5 N–H and O–H groups in total. The number of primary amides is 1. The number of urea groups is 1. The topological polar surface area (TPSA) is 115 Å². The summed E-state index contributed by atoms with van der Waals surface area (Å²) in [6.07, 6.45) is 0. The van der Waals surface area contributed by atoms with Crippen LogP contribution in [0.25, 0.3) is 0 Å². The van der Waals surface area contributed by atoms with Crippen molar-refractivity contribution in [3.8, 4) is 0 Å². The van der Waals surface area contributed by atoms with Crippen molar-refractivity contribution in [1.82, 2.24) is 5.32 Å². The van der Waals surface area contributed by atoms with E-state index in [-0.39, 0.29) is 5.75 Å². The summed E-state index contributed by atoms with van der Waals surface area (Å²) >= 11 is 0. The molecule has 6 nitrogen and oxygen atoms in total. The van der Waals surface area contributed by atoms with Crippen LogP contribution in [-0.2, 0) is 15.6 Å². The third-order valence-electron chi connectivity index (χ3n) is 1.98. The van der Waals surface area contributed by atoms with E-state index in [1.54, 1.807) is 25.1 Å². The van der Waals surface area contributed by atoms with Crippen molar-refractivity contribution in [3.05, 3.63) is 23.8 Å². The van der Waals surface area contributed by atoms with Crippen molar-refractivity contribution in [1.29, 1.82) is 0 Å². The van der Waals surface area contributed by atoms with Crippen LogP contribution >= 0.6 is 0 Å². The van der Waals surface area contributed by atoms with Gasteiger partial charge in [0.2, 0.25) is 5.91 Å². The van der Waals surface area contributed by atoms with Crippen LogP contribution in [0.15, 0.2) is 23.1 Å². The normalized spacial score (nSPS) is 11.8. The van der Waals surface area contributed by atoms with Crippen LogP contribution in [0.4, 0.5) is 10.5 Å². The fourth-order valence-electron chi connectivity index (χ4n) is 1.23. The average Bonchev–Trinajstić information content (AvgIpc) is 2.20. The molecule has 0 spiro atoms. The molecule has 1 atom stereocenters. The summed E-state index contributed by atoms with van der Waals surface area (Å²) in [5.74, 6) is -1.01. The minimum absolute atomic E-state index is 0.326. The number of hydrogen-bond donors (Lipinski definition) is 3. The number of anilines is 1. The molecule has 1 aromatic carbocycles. The van der Waals surface area contributed by atoms with E-state index in [0.717, 1.165) is 5.56 Å². The highest BCUT2D eigenvalue weighted by molar-refractivity contribution is 7.85. The Morgan fingerprint density at radius 1 is 1.41 bits per heavy atom. The highest BCUT2D eigenvalue weighted by Gasteiger charge is 2.13. The molecule has 0 fully saturated rings. The van der Waals surface area contributed by atoms with Gasteiger partial charge in [-0.1, -0.05) is 6.07 Å². The Hall–Kier alpha value is -1.89. The second-order valence-corrected chi connectivity index (χ2v) is 4.85. The number of nitrogen functional groups attached to an aromatic ring is 1. The summed E-state index contributed by atoms with van der Waals surface area (Å²) in [6.45, 7) is 1.76. The van der Waals surface area contributed by atoms with Crippen molar-refractivity contribution in [2.45, 2.75) is 11.8 Å². The van der Waals surface area contributed by atoms with E-state index in [0.29, 0.717) is 10.6 Å². The van der Waals surface area contributed by atoms with Crippen molar-refractivity contribution in [2.75, 3.05) is 11.5 Å². The van der Waals surface area contributed by atoms with Gasteiger partial charge in [-0.3, -0.25) is 14.3 Å². The third-order valence-corrected chi connectivity index (χ3v) is 3.44. The first-order chi connectivity index (χ1) is 7.90. The SMILES string of the molecule is Cc1ccc(N)cc1S(=O)CC(=O)NC(N)=O. The molecule has 0 heterocycles. The molecule has 0 aliphatic carbocycles. The van der Waals surface area contributed by atoms with E-state index in [9.17, 15) is 13.8 Å². The van der Waals surface area contributed by atoms with E-state index < -0.39 is 22.7 Å². The van der Waals surface area contributed by atoms with Crippen molar-refractivity contribution in [2.24, 2.45) is 5.73 Å². The zero-order valence-corrected chi connectivity index (χ0v) is 10.0. The van der Waals surface area contributed by atoms with Gasteiger partial charge in [-0.05, 0) is 24.6 Å². The lowest BCUT2D eigenvalue weighted by atomic mass is 10.2. The molecule has 0 aliphatic rings. The van der Waals surface area contributed by atoms with E-state index >= 15 is 0 Å². The van der Waals surface area contributed by atoms with Crippen LogP contribution in [0, 0.1) is 6.92 Å². The highest BCUT2D eigenvalue weighted by Crippen LogP contribution is 2.16. The second kappa shape index (κ2) is 5.44. The highest BCUT2D eigenvalue weighted by atomic mass is 32.2. The van der Waals surface area contributed by atoms with Gasteiger partial charge in [0.05, 0.1) is 10.8 Å². The van der Waals surface area contributed by atoms with Crippen molar-refractivity contribution < 1.29 is 13.8 Å². The van der Waals surface area contributed by atoms with Gasteiger partial charge in [0.15, 0.2) is 0 Å². The van der Waals surface area contributed by atoms with Crippen LogP contribution in [0.2, 0.25) is 0 Å². The van der Waals surface area contributed by atoms with Crippen LogP contribution in [0.5, 0.6) is 0 Å². The molecule has 1 rings (SSSR count). The van der Waals surface area contributed by atoms with Crippen LogP contribution in [0.1, 0.15) is 5.56 Å². The maximum absolute atomic E-state index is 11.9. The zero-order valence-electron chi connectivity index (χ0n) is 9.23. The smallest absolute Gasteiger partial charge is 0.318 e. The summed E-state index contributed by atoms with van der Waals surface area (Å²) in [4.78, 5) is 22.1. The molecule has 17 heavy (non-hydrogen) atoms. The number of imide groups is 1. The first-order valence-corrected chi connectivity index (χ1v) is 6.06. The number of carbonyl (C=O) groups excluding carboxylic acids is 2. The number of aryl methyl sites for hydroxylation is 1. The quantitative estimate of drug-likeness (QED) is 0.653. The van der Waals surface area contributed by atoms with Gasteiger partial charge in [-0.2, -0.15) is 0 Å². The Morgan fingerprint density at radius 2 is 2.06 bits per heavy atom. The minimum Gasteiger partial charge on any atom is -0.399 e. The molecular formula is C10H13N3O3S. The lowest BCUT2D eigenvalue weighted by Gasteiger charge is -2.06. The van der Waals surface area contributed by atoms with Gasteiger partial charge < -0.3 is 11.5 Å². The van der Waals surface area contributed by atoms with Gasteiger partial charge in [0.1, 0.15) is 5.75 Å². The lowest BCUT2D eigenvalue weighted by Crippen LogP contribution is -2.37. The molecule has 0 saturated carbocycles.